The molecule has 1 unspecified atom stereocenters. The van der Waals surface area contributed by atoms with Crippen molar-refractivity contribution in [1.29, 1.82) is 0 Å². The highest BCUT2D eigenvalue weighted by atomic mass is 19.2. The van der Waals surface area contributed by atoms with Crippen molar-refractivity contribution in [2.45, 2.75) is 18.9 Å². The van der Waals surface area contributed by atoms with Crippen molar-refractivity contribution in [2.24, 2.45) is 0 Å². The van der Waals surface area contributed by atoms with Crippen LogP contribution in [0.4, 0.5) is 23.2 Å². The van der Waals surface area contributed by atoms with Crippen molar-refractivity contribution in [3.63, 3.8) is 0 Å². The third kappa shape index (κ3) is 2.52. The third-order valence-corrected chi connectivity index (χ3v) is 2.80. The molecule has 1 aliphatic heterocycles. The van der Waals surface area contributed by atoms with E-state index >= 15 is 0 Å². The molecule has 1 aromatic rings. The number of halogens is 4. The first-order valence-corrected chi connectivity index (χ1v) is 5.40. The number of anilines is 1. The fraction of sp³-hybridized carbons (Fsp3) is 0.455. The van der Waals surface area contributed by atoms with Crippen LogP contribution in [0.3, 0.4) is 0 Å². The highest BCUT2D eigenvalue weighted by Crippen LogP contribution is 2.24. The molecule has 1 atom stereocenters. The predicted octanol–water partition coefficient (Wildman–Crippen LogP) is 2.41. The molecule has 1 aromatic carbocycles. The topological polar surface area (TPSA) is 24.1 Å². The SMILES string of the molecule is Fc1cc(F)c(F)c(NCC2CCCN2)c1F. The molecule has 6 heteroatoms. The highest BCUT2D eigenvalue weighted by Gasteiger charge is 2.20. The normalized spacial score (nSPS) is 19.6. The zero-order valence-electron chi connectivity index (χ0n) is 8.99. The van der Waals surface area contributed by atoms with Crippen LogP contribution in [0.1, 0.15) is 12.8 Å². The maximum atomic E-state index is 13.3. The van der Waals surface area contributed by atoms with E-state index in [1.165, 1.54) is 0 Å². The van der Waals surface area contributed by atoms with E-state index < -0.39 is 29.0 Å². The van der Waals surface area contributed by atoms with Gasteiger partial charge in [0.15, 0.2) is 23.3 Å². The number of benzene rings is 1. The standard InChI is InChI=1S/C11H12F4N2/c12-7-4-8(13)10(15)11(9(7)14)17-5-6-2-1-3-16-6/h4,6,16-17H,1-3,5H2. The van der Waals surface area contributed by atoms with Gasteiger partial charge in [-0.2, -0.15) is 0 Å². The first-order chi connectivity index (χ1) is 8.09. The Kier molecular flexibility index (Phi) is 3.51. The molecule has 2 nitrogen and oxygen atoms in total. The van der Waals surface area contributed by atoms with Gasteiger partial charge in [-0.25, -0.2) is 17.6 Å². The van der Waals surface area contributed by atoms with E-state index in [9.17, 15) is 17.6 Å². The quantitative estimate of drug-likeness (QED) is 0.634. The lowest BCUT2D eigenvalue weighted by molar-refractivity contribution is 0.457. The van der Waals surface area contributed by atoms with Crippen LogP contribution in [0.2, 0.25) is 0 Å². The van der Waals surface area contributed by atoms with E-state index in [0.29, 0.717) is 0 Å². The Morgan fingerprint density at radius 1 is 1.18 bits per heavy atom. The molecule has 0 spiro atoms. The van der Waals surface area contributed by atoms with Gasteiger partial charge in [0.2, 0.25) is 0 Å². The number of hydrogen-bond acceptors (Lipinski definition) is 2. The van der Waals surface area contributed by atoms with Crippen LogP contribution in [-0.2, 0) is 0 Å². The van der Waals surface area contributed by atoms with Gasteiger partial charge in [0.25, 0.3) is 0 Å². The first-order valence-electron chi connectivity index (χ1n) is 5.40. The van der Waals surface area contributed by atoms with Crippen LogP contribution in [0.15, 0.2) is 6.07 Å². The van der Waals surface area contributed by atoms with Gasteiger partial charge in [0, 0.05) is 18.7 Å². The fourth-order valence-electron chi connectivity index (χ4n) is 1.88. The Morgan fingerprint density at radius 2 is 1.82 bits per heavy atom. The van der Waals surface area contributed by atoms with E-state index in [-0.39, 0.29) is 18.7 Å². The van der Waals surface area contributed by atoms with Crippen molar-refractivity contribution in [3.05, 3.63) is 29.3 Å². The molecule has 17 heavy (non-hydrogen) atoms. The second-order valence-corrected chi connectivity index (χ2v) is 4.02. The lowest BCUT2D eigenvalue weighted by atomic mass is 10.2. The Hall–Kier alpha value is -1.30. The number of hydrogen-bond donors (Lipinski definition) is 2. The zero-order valence-corrected chi connectivity index (χ0v) is 8.99. The molecule has 2 N–H and O–H groups in total. The van der Waals surface area contributed by atoms with Crippen molar-refractivity contribution >= 4 is 5.69 Å². The molecule has 0 bridgehead atoms. The molecule has 0 radical (unpaired) electrons. The largest absolute Gasteiger partial charge is 0.379 e. The molecule has 1 fully saturated rings. The number of rotatable bonds is 3. The van der Waals surface area contributed by atoms with E-state index in [1.807, 2.05) is 0 Å². The van der Waals surface area contributed by atoms with Crippen molar-refractivity contribution < 1.29 is 17.6 Å². The molecule has 0 saturated carbocycles. The summed E-state index contributed by atoms with van der Waals surface area (Å²) in [6, 6.07) is 0.268. The van der Waals surface area contributed by atoms with Crippen LogP contribution in [0, 0.1) is 23.3 Å². The van der Waals surface area contributed by atoms with E-state index in [1.54, 1.807) is 0 Å². The predicted molar refractivity (Wildman–Crippen MR) is 55.8 cm³/mol. The number of nitrogens with one attached hydrogen (secondary N) is 2. The molecule has 1 aliphatic rings. The molecule has 0 aliphatic carbocycles. The van der Waals surface area contributed by atoms with Gasteiger partial charge in [0.1, 0.15) is 5.69 Å². The summed E-state index contributed by atoms with van der Waals surface area (Å²) >= 11 is 0. The van der Waals surface area contributed by atoms with Gasteiger partial charge in [0.05, 0.1) is 0 Å². The second-order valence-electron chi connectivity index (χ2n) is 4.02. The third-order valence-electron chi connectivity index (χ3n) is 2.80. The first kappa shape index (κ1) is 12.2. The Balaban J connectivity index is 2.13. The molecule has 1 heterocycles. The Morgan fingerprint density at radius 3 is 2.35 bits per heavy atom. The summed E-state index contributed by atoms with van der Waals surface area (Å²) < 4.78 is 52.3. The average molecular weight is 248 g/mol. The monoisotopic (exact) mass is 248 g/mol. The van der Waals surface area contributed by atoms with Crippen molar-refractivity contribution in [2.75, 3.05) is 18.4 Å². The lowest BCUT2D eigenvalue weighted by Crippen LogP contribution is -2.30. The minimum Gasteiger partial charge on any atom is -0.379 e. The average Bonchev–Trinajstić information content (AvgIpc) is 2.79. The van der Waals surface area contributed by atoms with E-state index in [0.717, 1.165) is 19.4 Å². The molecular weight excluding hydrogens is 236 g/mol. The van der Waals surface area contributed by atoms with Gasteiger partial charge in [-0.3, -0.25) is 0 Å². The summed E-state index contributed by atoms with van der Waals surface area (Å²) in [5.41, 5.74) is -0.740. The van der Waals surface area contributed by atoms with E-state index in [4.69, 9.17) is 0 Å². The second kappa shape index (κ2) is 4.91. The van der Waals surface area contributed by atoms with Crippen LogP contribution in [0.25, 0.3) is 0 Å². The summed E-state index contributed by atoms with van der Waals surface area (Å²) in [6.07, 6.45) is 1.85. The van der Waals surface area contributed by atoms with Gasteiger partial charge in [-0.1, -0.05) is 0 Å². The van der Waals surface area contributed by atoms with Crippen molar-refractivity contribution in [3.8, 4) is 0 Å². The van der Waals surface area contributed by atoms with Crippen LogP contribution >= 0.6 is 0 Å². The Bertz CT molecular complexity index is 390. The fourth-order valence-corrected chi connectivity index (χ4v) is 1.88. The molecular formula is C11H12F4N2. The summed E-state index contributed by atoms with van der Waals surface area (Å²) in [5, 5.41) is 5.51. The van der Waals surface area contributed by atoms with Crippen LogP contribution in [-0.4, -0.2) is 19.1 Å². The van der Waals surface area contributed by atoms with Gasteiger partial charge in [-0.05, 0) is 19.4 Å². The van der Waals surface area contributed by atoms with Gasteiger partial charge in [-0.15, -0.1) is 0 Å². The van der Waals surface area contributed by atoms with Gasteiger partial charge >= 0.3 is 0 Å². The molecule has 94 valence electrons. The van der Waals surface area contributed by atoms with Crippen LogP contribution < -0.4 is 10.6 Å². The summed E-state index contributed by atoms with van der Waals surface area (Å²) in [6.45, 7) is 1.07. The lowest BCUT2D eigenvalue weighted by Gasteiger charge is -2.14. The van der Waals surface area contributed by atoms with Crippen molar-refractivity contribution in [1.82, 2.24) is 5.32 Å². The molecule has 0 amide bonds. The summed E-state index contributed by atoms with van der Waals surface area (Å²) in [5.74, 6) is -5.57. The summed E-state index contributed by atoms with van der Waals surface area (Å²) in [4.78, 5) is 0. The molecule has 1 saturated heterocycles. The zero-order chi connectivity index (χ0) is 12.4. The maximum Gasteiger partial charge on any atom is 0.185 e. The highest BCUT2D eigenvalue weighted by molar-refractivity contribution is 5.47. The van der Waals surface area contributed by atoms with Crippen LogP contribution in [0.5, 0.6) is 0 Å². The van der Waals surface area contributed by atoms with E-state index in [2.05, 4.69) is 10.6 Å². The minimum absolute atomic E-state index is 0.0696. The maximum absolute atomic E-state index is 13.3. The smallest absolute Gasteiger partial charge is 0.185 e. The minimum atomic E-state index is -1.40. The van der Waals surface area contributed by atoms with Gasteiger partial charge < -0.3 is 10.6 Å². The summed E-state index contributed by atoms with van der Waals surface area (Å²) in [7, 11) is 0. The Labute approximate surface area is 96.0 Å². The molecule has 0 aromatic heterocycles. The molecule has 2 rings (SSSR count).